The summed E-state index contributed by atoms with van der Waals surface area (Å²) in [6.07, 6.45) is 0.00337. The van der Waals surface area contributed by atoms with Crippen LogP contribution in [0.5, 0.6) is 5.75 Å². The van der Waals surface area contributed by atoms with Crippen molar-refractivity contribution in [3.8, 4) is 5.75 Å². The maximum atomic E-state index is 12.7. The van der Waals surface area contributed by atoms with Crippen molar-refractivity contribution in [1.29, 1.82) is 0 Å². The molecular weight excluding hydrogens is 466 g/mol. The summed E-state index contributed by atoms with van der Waals surface area (Å²) in [5.74, 6) is 0.698. The normalized spacial score (nSPS) is 25.1. The summed E-state index contributed by atoms with van der Waals surface area (Å²) in [5.41, 5.74) is 2.18. The molecule has 0 spiro atoms. The standard InChI is InChI=1S/C25H23N5O6/c1-33-16-9-7-15(8-10-16)25-35-19-17(11-31)34-24(20(19)36-25)30-13-28-18-21(26-12-27-22(18)30)29-23(32)14-5-3-2-4-6-14/h2-10,12-13,17,19-20,24-25,31H,11H2,1H3,(H,26,27,29,32). The largest absolute Gasteiger partial charge is 0.497 e. The number of methoxy groups -OCH3 is 1. The molecule has 11 heteroatoms. The van der Waals surface area contributed by atoms with Gasteiger partial charge in [-0.05, 0) is 24.3 Å². The molecule has 0 aliphatic carbocycles. The van der Waals surface area contributed by atoms with E-state index >= 15 is 0 Å². The first-order valence-electron chi connectivity index (χ1n) is 11.4. The molecule has 2 aromatic carbocycles. The Morgan fingerprint density at radius 3 is 2.56 bits per heavy atom. The Labute approximate surface area is 205 Å². The topological polar surface area (TPSA) is 130 Å². The Balaban J connectivity index is 1.28. The van der Waals surface area contributed by atoms with Crippen LogP contribution in [0.25, 0.3) is 11.2 Å². The van der Waals surface area contributed by atoms with Crippen LogP contribution in [0.4, 0.5) is 5.82 Å². The van der Waals surface area contributed by atoms with Crippen LogP contribution in [0.15, 0.2) is 67.3 Å². The number of carbonyl (C=O) groups is 1. The number of benzene rings is 2. The fourth-order valence-corrected chi connectivity index (χ4v) is 4.52. The van der Waals surface area contributed by atoms with Crippen molar-refractivity contribution in [1.82, 2.24) is 19.5 Å². The zero-order chi connectivity index (χ0) is 24.6. The molecule has 36 heavy (non-hydrogen) atoms. The van der Waals surface area contributed by atoms with Gasteiger partial charge in [0.1, 0.15) is 30.4 Å². The van der Waals surface area contributed by atoms with E-state index in [0.717, 1.165) is 11.3 Å². The molecule has 0 saturated carbocycles. The van der Waals surface area contributed by atoms with E-state index in [1.165, 1.54) is 6.33 Å². The lowest BCUT2D eigenvalue weighted by Gasteiger charge is -2.21. The molecule has 2 aliphatic heterocycles. The van der Waals surface area contributed by atoms with Gasteiger partial charge in [0.15, 0.2) is 29.5 Å². The molecule has 2 N–H and O–H groups in total. The van der Waals surface area contributed by atoms with Crippen LogP contribution in [0.3, 0.4) is 0 Å². The Bertz CT molecular complexity index is 1380. The third-order valence-corrected chi connectivity index (χ3v) is 6.32. The summed E-state index contributed by atoms with van der Waals surface area (Å²) in [7, 11) is 1.60. The molecule has 4 heterocycles. The number of amides is 1. The lowest BCUT2D eigenvalue weighted by molar-refractivity contribution is -0.153. The van der Waals surface area contributed by atoms with Crippen molar-refractivity contribution in [2.24, 2.45) is 0 Å². The van der Waals surface area contributed by atoms with Crippen molar-refractivity contribution in [3.05, 3.63) is 78.4 Å². The number of ether oxygens (including phenoxy) is 4. The van der Waals surface area contributed by atoms with Crippen molar-refractivity contribution in [3.63, 3.8) is 0 Å². The van der Waals surface area contributed by atoms with Gasteiger partial charge in [0, 0.05) is 11.1 Å². The zero-order valence-electron chi connectivity index (χ0n) is 19.2. The molecule has 5 unspecified atom stereocenters. The van der Waals surface area contributed by atoms with E-state index in [-0.39, 0.29) is 18.3 Å². The highest BCUT2D eigenvalue weighted by atomic mass is 16.8. The second-order valence-corrected chi connectivity index (χ2v) is 8.42. The van der Waals surface area contributed by atoms with Gasteiger partial charge in [-0.1, -0.05) is 30.3 Å². The Morgan fingerprint density at radius 2 is 1.81 bits per heavy atom. The zero-order valence-corrected chi connectivity index (χ0v) is 19.2. The van der Waals surface area contributed by atoms with Gasteiger partial charge >= 0.3 is 0 Å². The number of aromatic nitrogens is 4. The number of aliphatic hydroxyl groups is 1. The Hall–Kier alpha value is -3.90. The SMILES string of the molecule is COc1ccc(C2OC3C(CO)OC(n4cnc5c(NC(=O)c6ccccc6)ncnc54)C3O2)cc1. The predicted octanol–water partition coefficient (Wildman–Crippen LogP) is 2.46. The fourth-order valence-electron chi connectivity index (χ4n) is 4.52. The molecule has 11 nitrogen and oxygen atoms in total. The highest BCUT2D eigenvalue weighted by molar-refractivity contribution is 6.06. The van der Waals surface area contributed by atoms with Crippen LogP contribution in [0.2, 0.25) is 0 Å². The third-order valence-electron chi connectivity index (χ3n) is 6.32. The molecule has 2 saturated heterocycles. The van der Waals surface area contributed by atoms with Gasteiger partial charge in [-0.2, -0.15) is 0 Å². The van der Waals surface area contributed by atoms with Crippen molar-refractivity contribution < 1.29 is 28.8 Å². The molecule has 6 rings (SSSR count). The second kappa shape index (κ2) is 9.28. The lowest BCUT2D eigenvalue weighted by atomic mass is 10.1. The molecule has 2 aromatic heterocycles. The molecule has 1 amide bonds. The van der Waals surface area contributed by atoms with E-state index in [1.54, 1.807) is 42.3 Å². The quantitative estimate of drug-likeness (QED) is 0.419. The molecule has 4 aromatic rings. The second-order valence-electron chi connectivity index (χ2n) is 8.42. The molecule has 0 bridgehead atoms. The van der Waals surface area contributed by atoms with Gasteiger partial charge in [0.25, 0.3) is 5.91 Å². The van der Waals surface area contributed by atoms with Crippen LogP contribution in [-0.2, 0) is 14.2 Å². The first kappa shape index (κ1) is 22.6. The molecule has 2 aliphatic rings. The number of hydrogen-bond acceptors (Lipinski definition) is 9. The van der Waals surface area contributed by atoms with Gasteiger partial charge in [0.05, 0.1) is 20.0 Å². The number of carbonyl (C=O) groups excluding carboxylic acids is 1. The molecule has 184 valence electrons. The highest BCUT2D eigenvalue weighted by Crippen LogP contribution is 2.45. The molecule has 2 fully saturated rings. The van der Waals surface area contributed by atoms with E-state index < -0.39 is 30.8 Å². The maximum Gasteiger partial charge on any atom is 0.256 e. The van der Waals surface area contributed by atoms with Crippen LogP contribution in [0, 0.1) is 0 Å². The summed E-state index contributed by atoms with van der Waals surface area (Å²) in [5, 5.41) is 12.7. The minimum Gasteiger partial charge on any atom is -0.497 e. The fraction of sp³-hybridized carbons (Fsp3) is 0.280. The minimum absolute atomic E-state index is 0.240. The number of nitrogens with one attached hydrogen (secondary N) is 1. The highest BCUT2D eigenvalue weighted by Gasteiger charge is 2.53. The summed E-state index contributed by atoms with van der Waals surface area (Å²) in [6, 6.07) is 16.2. The number of hydrogen-bond donors (Lipinski definition) is 2. The summed E-state index contributed by atoms with van der Waals surface area (Å²) >= 11 is 0. The number of aliphatic hydroxyl groups excluding tert-OH is 1. The van der Waals surface area contributed by atoms with E-state index in [9.17, 15) is 9.90 Å². The molecular formula is C25H23N5O6. The number of fused-ring (bicyclic) bond motifs is 2. The van der Waals surface area contributed by atoms with Gasteiger partial charge in [-0.3, -0.25) is 9.36 Å². The molecule has 0 radical (unpaired) electrons. The number of imidazole rings is 1. The van der Waals surface area contributed by atoms with Crippen LogP contribution in [0.1, 0.15) is 28.4 Å². The smallest absolute Gasteiger partial charge is 0.256 e. The first-order chi connectivity index (χ1) is 17.7. The number of rotatable bonds is 6. The number of anilines is 1. The summed E-state index contributed by atoms with van der Waals surface area (Å²) in [4.78, 5) is 25.7. The van der Waals surface area contributed by atoms with E-state index in [2.05, 4.69) is 20.3 Å². The average Bonchev–Trinajstić information content (AvgIpc) is 3.63. The summed E-state index contributed by atoms with van der Waals surface area (Å²) in [6.45, 7) is -0.240. The van der Waals surface area contributed by atoms with Gasteiger partial charge in [-0.15, -0.1) is 0 Å². The third kappa shape index (κ3) is 3.88. The van der Waals surface area contributed by atoms with Crippen LogP contribution >= 0.6 is 0 Å². The average molecular weight is 489 g/mol. The van der Waals surface area contributed by atoms with E-state index in [0.29, 0.717) is 16.7 Å². The van der Waals surface area contributed by atoms with Crippen molar-refractivity contribution >= 4 is 22.9 Å². The van der Waals surface area contributed by atoms with Gasteiger partial charge in [0.2, 0.25) is 0 Å². The Kier molecular flexibility index (Phi) is 5.82. The monoisotopic (exact) mass is 489 g/mol. The number of nitrogens with zero attached hydrogens (tertiary/aromatic N) is 4. The first-order valence-corrected chi connectivity index (χ1v) is 11.4. The van der Waals surface area contributed by atoms with E-state index in [4.69, 9.17) is 18.9 Å². The van der Waals surface area contributed by atoms with E-state index in [1.807, 2.05) is 30.3 Å². The van der Waals surface area contributed by atoms with Gasteiger partial charge in [-0.25, -0.2) is 15.0 Å². The summed E-state index contributed by atoms with van der Waals surface area (Å²) < 4.78 is 25.4. The molecule has 5 atom stereocenters. The van der Waals surface area contributed by atoms with Crippen LogP contribution in [-0.4, -0.2) is 62.6 Å². The lowest BCUT2D eigenvalue weighted by Crippen LogP contribution is -2.30. The Morgan fingerprint density at radius 1 is 1.03 bits per heavy atom. The van der Waals surface area contributed by atoms with Crippen LogP contribution < -0.4 is 10.1 Å². The predicted molar refractivity (Wildman–Crippen MR) is 126 cm³/mol. The maximum absolute atomic E-state index is 12.7. The van der Waals surface area contributed by atoms with Gasteiger partial charge < -0.3 is 29.4 Å². The minimum atomic E-state index is -0.659. The van der Waals surface area contributed by atoms with Crippen molar-refractivity contribution in [2.75, 3.05) is 19.0 Å². The van der Waals surface area contributed by atoms with Crippen molar-refractivity contribution in [2.45, 2.75) is 30.8 Å².